The van der Waals surface area contributed by atoms with E-state index in [4.69, 9.17) is 0 Å². The Morgan fingerprint density at radius 2 is 1.64 bits per heavy atom. The van der Waals surface area contributed by atoms with Crippen LogP contribution in [0.25, 0.3) is 0 Å². The molecule has 0 saturated carbocycles. The molecule has 5 nitrogen and oxygen atoms in total. The third-order valence-corrected chi connectivity index (χ3v) is 4.37. The van der Waals surface area contributed by atoms with Crippen molar-refractivity contribution in [3.63, 3.8) is 0 Å². The Balaban J connectivity index is 1.68. The van der Waals surface area contributed by atoms with E-state index in [0.29, 0.717) is 0 Å². The molecule has 0 spiro atoms. The predicted octanol–water partition coefficient (Wildman–Crippen LogP) is 3.28. The van der Waals surface area contributed by atoms with Gasteiger partial charge in [0.25, 0.3) is 0 Å². The first kappa shape index (κ1) is 17.0. The zero-order valence-corrected chi connectivity index (χ0v) is 14.4. The van der Waals surface area contributed by atoms with Crippen molar-refractivity contribution in [2.45, 2.75) is 19.8 Å². The fourth-order valence-corrected chi connectivity index (χ4v) is 3.07. The number of amides is 2. The number of nitrogens with one attached hydrogen (secondary N) is 1. The largest absolute Gasteiger partial charge is 0.372 e. The van der Waals surface area contributed by atoms with E-state index < -0.39 is 0 Å². The van der Waals surface area contributed by atoms with E-state index in [0.717, 1.165) is 24.5 Å². The molecular weight excluding hydrogens is 314 g/mol. The summed E-state index contributed by atoms with van der Waals surface area (Å²) in [5.41, 5.74) is 2.62. The Labute approximate surface area is 148 Å². The standard InChI is InChI=1S/C20H23N3O2/c1-16(24)23(15-20(25)21-17-7-3-2-4-8-17)19-11-9-18(10-12-19)22-13-5-6-14-22/h2-4,7-12H,5-6,13-15H2,1H3,(H,21,25). The van der Waals surface area contributed by atoms with Gasteiger partial charge in [0.05, 0.1) is 0 Å². The van der Waals surface area contributed by atoms with Crippen LogP contribution in [0.1, 0.15) is 19.8 Å². The molecule has 1 fully saturated rings. The molecule has 25 heavy (non-hydrogen) atoms. The van der Waals surface area contributed by atoms with Gasteiger partial charge in [0, 0.05) is 37.1 Å². The molecule has 0 aliphatic carbocycles. The van der Waals surface area contributed by atoms with Gasteiger partial charge >= 0.3 is 0 Å². The quantitative estimate of drug-likeness (QED) is 0.911. The molecule has 0 atom stereocenters. The molecule has 2 aromatic rings. The zero-order valence-electron chi connectivity index (χ0n) is 14.4. The summed E-state index contributed by atoms with van der Waals surface area (Å²) in [4.78, 5) is 28.1. The number of rotatable bonds is 5. The van der Waals surface area contributed by atoms with Gasteiger partial charge in [0.15, 0.2) is 0 Å². The van der Waals surface area contributed by atoms with Crippen molar-refractivity contribution >= 4 is 28.9 Å². The number of benzene rings is 2. The van der Waals surface area contributed by atoms with Crippen molar-refractivity contribution in [2.24, 2.45) is 0 Å². The molecule has 1 aliphatic rings. The number of carbonyl (C=O) groups is 2. The summed E-state index contributed by atoms with van der Waals surface area (Å²) in [6.45, 7) is 3.63. The fraction of sp³-hybridized carbons (Fsp3) is 0.300. The van der Waals surface area contributed by atoms with E-state index in [2.05, 4.69) is 10.2 Å². The summed E-state index contributed by atoms with van der Waals surface area (Å²) in [5.74, 6) is -0.373. The molecule has 0 aromatic heterocycles. The lowest BCUT2D eigenvalue weighted by molar-refractivity contribution is -0.120. The zero-order chi connectivity index (χ0) is 17.6. The maximum Gasteiger partial charge on any atom is 0.244 e. The average Bonchev–Trinajstić information content (AvgIpc) is 3.15. The molecule has 1 aliphatic heterocycles. The highest BCUT2D eigenvalue weighted by molar-refractivity contribution is 6.01. The normalized spacial score (nSPS) is 13.6. The first-order chi connectivity index (χ1) is 12.1. The van der Waals surface area contributed by atoms with Gasteiger partial charge < -0.3 is 15.1 Å². The lowest BCUT2D eigenvalue weighted by Crippen LogP contribution is -2.36. The van der Waals surface area contributed by atoms with E-state index >= 15 is 0 Å². The lowest BCUT2D eigenvalue weighted by atomic mass is 10.2. The minimum Gasteiger partial charge on any atom is -0.372 e. The molecule has 130 valence electrons. The van der Waals surface area contributed by atoms with Crippen LogP contribution in [0.2, 0.25) is 0 Å². The molecule has 0 radical (unpaired) electrons. The van der Waals surface area contributed by atoms with Crippen LogP contribution in [-0.4, -0.2) is 31.4 Å². The van der Waals surface area contributed by atoms with E-state index in [1.54, 1.807) is 0 Å². The van der Waals surface area contributed by atoms with Crippen molar-refractivity contribution in [3.05, 3.63) is 54.6 Å². The molecule has 1 saturated heterocycles. The Bertz CT molecular complexity index is 722. The highest BCUT2D eigenvalue weighted by Crippen LogP contribution is 2.24. The minimum atomic E-state index is -0.218. The highest BCUT2D eigenvalue weighted by Gasteiger charge is 2.17. The molecule has 1 heterocycles. The maximum absolute atomic E-state index is 12.3. The van der Waals surface area contributed by atoms with E-state index in [-0.39, 0.29) is 18.4 Å². The van der Waals surface area contributed by atoms with Crippen LogP contribution < -0.4 is 15.1 Å². The summed E-state index contributed by atoms with van der Waals surface area (Å²) < 4.78 is 0. The van der Waals surface area contributed by atoms with Gasteiger partial charge in [-0.1, -0.05) is 18.2 Å². The lowest BCUT2D eigenvalue weighted by Gasteiger charge is -2.23. The molecule has 2 aromatic carbocycles. The minimum absolute atomic E-state index is 0.00666. The van der Waals surface area contributed by atoms with E-state index in [1.807, 2.05) is 54.6 Å². The highest BCUT2D eigenvalue weighted by atomic mass is 16.2. The SMILES string of the molecule is CC(=O)N(CC(=O)Nc1ccccc1)c1ccc(N2CCCC2)cc1. The second-order valence-corrected chi connectivity index (χ2v) is 6.23. The van der Waals surface area contributed by atoms with Gasteiger partial charge in [-0.05, 0) is 49.2 Å². The van der Waals surface area contributed by atoms with E-state index in [1.165, 1.54) is 30.4 Å². The molecule has 0 bridgehead atoms. The Morgan fingerprint density at radius 3 is 2.24 bits per heavy atom. The number of carbonyl (C=O) groups excluding carboxylic acids is 2. The van der Waals surface area contributed by atoms with Crippen LogP contribution in [0, 0.1) is 0 Å². The molecule has 2 amide bonds. The Kier molecular flexibility index (Phi) is 5.33. The third-order valence-electron chi connectivity index (χ3n) is 4.37. The summed E-state index contributed by atoms with van der Waals surface area (Å²) in [5, 5.41) is 2.81. The van der Waals surface area contributed by atoms with Gasteiger partial charge in [-0.3, -0.25) is 9.59 Å². The van der Waals surface area contributed by atoms with Crippen molar-refractivity contribution in [1.82, 2.24) is 0 Å². The summed E-state index contributed by atoms with van der Waals surface area (Å²) in [6.07, 6.45) is 2.45. The summed E-state index contributed by atoms with van der Waals surface area (Å²) >= 11 is 0. The van der Waals surface area contributed by atoms with E-state index in [9.17, 15) is 9.59 Å². The second kappa shape index (κ2) is 7.83. The number of para-hydroxylation sites is 1. The average molecular weight is 337 g/mol. The fourth-order valence-electron chi connectivity index (χ4n) is 3.07. The Hall–Kier alpha value is -2.82. The van der Waals surface area contributed by atoms with Gasteiger partial charge in [0.1, 0.15) is 6.54 Å². The van der Waals surface area contributed by atoms with Crippen molar-refractivity contribution in [3.8, 4) is 0 Å². The van der Waals surface area contributed by atoms with Crippen LogP contribution >= 0.6 is 0 Å². The van der Waals surface area contributed by atoms with Crippen molar-refractivity contribution < 1.29 is 9.59 Å². The number of nitrogens with zero attached hydrogens (tertiary/aromatic N) is 2. The van der Waals surface area contributed by atoms with Gasteiger partial charge in [-0.25, -0.2) is 0 Å². The van der Waals surface area contributed by atoms with Gasteiger partial charge in [-0.15, -0.1) is 0 Å². The molecule has 1 N–H and O–H groups in total. The van der Waals surface area contributed by atoms with Crippen LogP contribution in [0.5, 0.6) is 0 Å². The second-order valence-electron chi connectivity index (χ2n) is 6.23. The van der Waals surface area contributed by atoms with Gasteiger partial charge in [0.2, 0.25) is 11.8 Å². The molecule has 5 heteroatoms. The van der Waals surface area contributed by atoms with Crippen molar-refractivity contribution in [1.29, 1.82) is 0 Å². The molecule has 0 unspecified atom stereocenters. The number of hydrogen-bond donors (Lipinski definition) is 1. The number of hydrogen-bond acceptors (Lipinski definition) is 3. The summed E-state index contributed by atoms with van der Waals surface area (Å²) in [6, 6.07) is 17.1. The Morgan fingerprint density at radius 1 is 1.00 bits per heavy atom. The topological polar surface area (TPSA) is 52.7 Å². The maximum atomic E-state index is 12.3. The number of anilines is 3. The molecule has 3 rings (SSSR count). The van der Waals surface area contributed by atoms with Crippen molar-refractivity contribution in [2.75, 3.05) is 34.8 Å². The first-order valence-corrected chi connectivity index (χ1v) is 8.61. The van der Waals surface area contributed by atoms with Gasteiger partial charge in [-0.2, -0.15) is 0 Å². The monoisotopic (exact) mass is 337 g/mol. The first-order valence-electron chi connectivity index (χ1n) is 8.61. The predicted molar refractivity (Wildman–Crippen MR) is 101 cm³/mol. The van der Waals surface area contributed by atoms with Crippen LogP contribution in [0.15, 0.2) is 54.6 Å². The third kappa shape index (κ3) is 4.38. The smallest absolute Gasteiger partial charge is 0.244 e. The summed E-state index contributed by atoms with van der Waals surface area (Å²) in [7, 11) is 0. The molecular formula is C20H23N3O2. The van der Waals surface area contributed by atoms with Crippen LogP contribution in [0.4, 0.5) is 17.1 Å². The van der Waals surface area contributed by atoms with Crippen LogP contribution in [-0.2, 0) is 9.59 Å². The van der Waals surface area contributed by atoms with Crippen LogP contribution in [0.3, 0.4) is 0 Å².